The number of benzene rings is 1. The number of anilines is 2. The van der Waals surface area contributed by atoms with Gasteiger partial charge in [0.2, 0.25) is 0 Å². The summed E-state index contributed by atoms with van der Waals surface area (Å²) in [6, 6.07) is 10.1. The van der Waals surface area contributed by atoms with Crippen molar-refractivity contribution < 1.29 is 9.59 Å². The highest BCUT2D eigenvalue weighted by Crippen LogP contribution is 2.37. The molecule has 2 fully saturated rings. The number of nitrogens with zero attached hydrogens (tertiary/aromatic N) is 3. The number of hydrogen-bond donors (Lipinski definition) is 1. The SMILES string of the molecule is C=C(C)CN1CCN(c2ccc(NC(=O)C(=O)c3c(C4CCCCC4)cc4n3CCCC4)cc2)CC1. The second kappa shape index (κ2) is 11.0. The molecule has 1 amide bonds. The van der Waals surface area contributed by atoms with Gasteiger partial charge in [-0.15, -0.1) is 0 Å². The topological polar surface area (TPSA) is 57.6 Å². The molecule has 1 saturated carbocycles. The minimum atomic E-state index is -0.528. The third-order valence-corrected chi connectivity index (χ3v) is 8.10. The van der Waals surface area contributed by atoms with Crippen molar-refractivity contribution in [2.24, 2.45) is 0 Å². The summed E-state index contributed by atoms with van der Waals surface area (Å²) in [5.74, 6) is -0.514. The van der Waals surface area contributed by atoms with E-state index >= 15 is 0 Å². The van der Waals surface area contributed by atoms with Gasteiger partial charge in [-0.1, -0.05) is 31.4 Å². The zero-order valence-electron chi connectivity index (χ0n) is 21.7. The van der Waals surface area contributed by atoms with Crippen LogP contribution in [0.5, 0.6) is 0 Å². The van der Waals surface area contributed by atoms with Crippen LogP contribution in [0.3, 0.4) is 0 Å². The van der Waals surface area contributed by atoms with E-state index in [4.69, 9.17) is 0 Å². The van der Waals surface area contributed by atoms with Crippen LogP contribution in [0.25, 0.3) is 0 Å². The minimum Gasteiger partial charge on any atom is -0.369 e. The van der Waals surface area contributed by atoms with Crippen LogP contribution in [0.4, 0.5) is 11.4 Å². The van der Waals surface area contributed by atoms with Gasteiger partial charge in [-0.2, -0.15) is 0 Å². The highest BCUT2D eigenvalue weighted by Gasteiger charge is 2.31. The summed E-state index contributed by atoms with van der Waals surface area (Å²) in [4.78, 5) is 31.5. The Hall–Kier alpha value is -2.86. The molecule has 3 aliphatic rings. The first-order valence-corrected chi connectivity index (χ1v) is 13.8. The van der Waals surface area contributed by atoms with E-state index in [1.165, 1.54) is 30.5 Å². The van der Waals surface area contributed by atoms with Crippen LogP contribution in [-0.4, -0.2) is 53.9 Å². The number of aryl methyl sites for hydroxylation is 1. The standard InChI is InChI=1S/C30H40N4O2/c1-22(2)21-32-16-18-33(19-17-32)25-13-11-24(12-14-25)31-30(36)29(35)28-27(23-8-4-3-5-9-23)20-26-10-6-7-15-34(26)28/h11-14,20,23H,1,3-10,15-19,21H2,2H3,(H,31,36). The van der Waals surface area contributed by atoms with Crippen LogP contribution in [-0.2, 0) is 17.8 Å². The smallest absolute Gasteiger partial charge is 0.298 e. The number of aromatic nitrogens is 1. The first kappa shape index (κ1) is 24.8. The predicted octanol–water partition coefficient (Wildman–Crippen LogP) is 5.39. The number of hydrogen-bond acceptors (Lipinski definition) is 4. The summed E-state index contributed by atoms with van der Waals surface area (Å²) in [5, 5.41) is 2.89. The lowest BCUT2D eigenvalue weighted by Gasteiger charge is -2.36. The maximum Gasteiger partial charge on any atom is 0.298 e. The van der Waals surface area contributed by atoms with E-state index in [0.717, 1.165) is 82.6 Å². The normalized spacial score (nSPS) is 19.1. The number of rotatable bonds is 7. The lowest BCUT2D eigenvalue weighted by atomic mass is 9.83. The number of ketones is 1. The Kier molecular flexibility index (Phi) is 7.61. The molecule has 0 bridgehead atoms. The van der Waals surface area contributed by atoms with Crippen LogP contribution in [0.1, 0.15) is 79.5 Å². The second-order valence-electron chi connectivity index (χ2n) is 10.9. The Labute approximate surface area is 215 Å². The summed E-state index contributed by atoms with van der Waals surface area (Å²) in [6.07, 6.45) is 9.15. The molecule has 192 valence electrons. The van der Waals surface area contributed by atoms with Crippen LogP contribution in [0.2, 0.25) is 0 Å². The van der Waals surface area contributed by atoms with Crippen molar-refractivity contribution in [1.29, 1.82) is 0 Å². The Morgan fingerprint density at radius 1 is 0.944 bits per heavy atom. The number of piperazine rings is 1. The lowest BCUT2D eigenvalue weighted by molar-refractivity contribution is -0.112. The molecule has 1 aromatic carbocycles. The molecule has 2 aromatic rings. The van der Waals surface area contributed by atoms with Crippen molar-refractivity contribution in [3.8, 4) is 0 Å². The summed E-state index contributed by atoms with van der Waals surface area (Å²) in [6.45, 7) is 11.9. The van der Waals surface area contributed by atoms with Gasteiger partial charge in [0.1, 0.15) is 0 Å². The molecule has 1 saturated heterocycles. The van der Waals surface area contributed by atoms with Gasteiger partial charge < -0.3 is 14.8 Å². The maximum absolute atomic E-state index is 13.5. The van der Waals surface area contributed by atoms with Crippen molar-refractivity contribution in [3.63, 3.8) is 0 Å². The van der Waals surface area contributed by atoms with Gasteiger partial charge in [0.05, 0.1) is 5.69 Å². The van der Waals surface area contributed by atoms with Gasteiger partial charge in [-0.25, -0.2) is 0 Å². The van der Waals surface area contributed by atoms with Gasteiger partial charge in [0.15, 0.2) is 0 Å². The number of carbonyl (C=O) groups excluding carboxylic acids is 2. The quantitative estimate of drug-likeness (QED) is 0.322. The largest absolute Gasteiger partial charge is 0.369 e. The summed E-state index contributed by atoms with van der Waals surface area (Å²) in [5.41, 5.74) is 6.01. The second-order valence-corrected chi connectivity index (χ2v) is 10.9. The average Bonchev–Trinajstić information content (AvgIpc) is 3.29. The first-order valence-electron chi connectivity index (χ1n) is 13.8. The molecule has 5 rings (SSSR count). The van der Waals surface area contributed by atoms with Gasteiger partial charge >= 0.3 is 0 Å². The van der Waals surface area contributed by atoms with E-state index in [0.29, 0.717) is 17.3 Å². The average molecular weight is 489 g/mol. The lowest BCUT2D eigenvalue weighted by Crippen LogP contribution is -2.46. The molecule has 3 heterocycles. The number of carbonyl (C=O) groups is 2. The van der Waals surface area contributed by atoms with E-state index in [2.05, 4.69) is 39.3 Å². The molecule has 6 nitrogen and oxygen atoms in total. The summed E-state index contributed by atoms with van der Waals surface area (Å²) in [7, 11) is 0. The van der Waals surface area contributed by atoms with Crippen LogP contribution >= 0.6 is 0 Å². The fraction of sp³-hybridized carbons (Fsp3) is 0.533. The molecular weight excluding hydrogens is 448 g/mol. The van der Waals surface area contributed by atoms with Gasteiger partial charge in [-0.3, -0.25) is 14.5 Å². The van der Waals surface area contributed by atoms with Crippen LogP contribution in [0, 0.1) is 0 Å². The Bertz CT molecular complexity index is 1100. The fourth-order valence-electron chi connectivity index (χ4n) is 6.24. The zero-order chi connectivity index (χ0) is 25.1. The third kappa shape index (κ3) is 5.44. The Balaban J connectivity index is 1.26. The molecule has 1 aliphatic carbocycles. The molecule has 0 radical (unpaired) electrons. The molecule has 6 heteroatoms. The predicted molar refractivity (Wildman–Crippen MR) is 146 cm³/mol. The Morgan fingerprint density at radius 3 is 2.36 bits per heavy atom. The third-order valence-electron chi connectivity index (χ3n) is 8.10. The molecule has 36 heavy (non-hydrogen) atoms. The van der Waals surface area contributed by atoms with Crippen molar-refractivity contribution in [1.82, 2.24) is 9.47 Å². The van der Waals surface area contributed by atoms with E-state index in [9.17, 15) is 9.59 Å². The molecule has 1 N–H and O–H groups in total. The van der Waals surface area contributed by atoms with Crippen molar-refractivity contribution >= 4 is 23.1 Å². The fourth-order valence-corrected chi connectivity index (χ4v) is 6.24. The number of amides is 1. The highest BCUT2D eigenvalue weighted by atomic mass is 16.2. The maximum atomic E-state index is 13.5. The van der Waals surface area contributed by atoms with Crippen LogP contribution < -0.4 is 10.2 Å². The minimum absolute atomic E-state index is 0.388. The van der Waals surface area contributed by atoms with Crippen molar-refractivity contribution in [2.45, 2.75) is 70.8 Å². The van der Waals surface area contributed by atoms with Gasteiger partial charge in [0.25, 0.3) is 11.7 Å². The van der Waals surface area contributed by atoms with Crippen molar-refractivity contribution in [3.05, 3.63) is 59.4 Å². The van der Waals surface area contributed by atoms with Gasteiger partial charge in [-0.05, 0) is 80.8 Å². The molecule has 0 atom stereocenters. The monoisotopic (exact) mass is 488 g/mol. The highest BCUT2D eigenvalue weighted by molar-refractivity contribution is 6.46. The molecule has 1 aromatic heterocycles. The summed E-state index contributed by atoms with van der Waals surface area (Å²) < 4.78 is 2.14. The molecule has 0 unspecified atom stereocenters. The number of fused-ring (bicyclic) bond motifs is 1. The van der Waals surface area contributed by atoms with E-state index in [1.54, 1.807) is 0 Å². The molecule has 0 spiro atoms. The van der Waals surface area contributed by atoms with E-state index in [1.807, 2.05) is 24.3 Å². The molecule has 2 aliphatic heterocycles. The number of Topliss-reactive ketones (excluding diaryl/α,β-unsaturated/α-hetero) is 1. The van der Waals surface area contributed by atoms with E-state index < -0.39 is 5.91 Å². The number of nitrogens with one attached hydrogen (secondary N) is 1. The molecular formula is C30H40N4O2. The van der Waals surface area contributed by atoms with E-state index in [-0.39, 0.29) is 5.78 Å². The first-order chi connectivity index (χ1) is 17.5. The zero-order valence-corrected chi connectivity index (χ0v) is 21.7. The summed E-state index contributed by atoms with van der Waals surface area (Å²) >= 11 is 0. The van der Waals surface area contributed by atoms with Crippen LogP contribution in [0.15, 0.2) is 42.5 Å². The van der Waals surface area contributed by atoms with Crippen molar-refractivity contribution in [2.75, 3.05) is 42.9 Å². The Morgan fingerprint density at radius 2 is 1.67 bits per heavy atom. The van der Waals surface area contributed by atoms with Gasteiger partial charge in [0, 0.05) is 56.3 Å².